The van der Waals surface area contributed by atoms with Crippen LogP contribution in [0.1, 0.15) is 50.8 Å². The van der Waals surface area contributed by atoms with E-state index in [0.717, 1.165) is 38.2 Å². The van der Waals surface area contributed by atoms with E-state index in [9.17, 15) is 4.79 Å². The Hall–Kier alpha value is -1.49. The average molecular weight is 304 g/mol. The lowest BCUT2D eigenvalue weighted by Gasteiger charge is -2.33. The first-order valence-electron chi connectivity index (χ1n) is 8.67. The molecule has 0 radical (unpaired) electrons. The Morgan fingerprint density at radius 1 is 1.32 bits per heavy atom. The van der Waals surface area contributed by atoms with E-state index in [2.05, 4.69) is 28.2 Å². The zero-order chi connectivity index (χ0) is 15.4. The summed E-state index contributed by atoms with van der Waals surface area (Å²) in [5.74, 6) is 0. The van der Waals surface area contributed by atoms with Gasteiger partial charge in [-0.1, -0.05) is 6.42 Å². The van der Waals surface area contributed by atoms with Crippen molar-refractivity contribution < 1.29 is 4.79 Å². The zero-order valence-corrected chi connectivity index (χ0v) is 13.6. The highest BCUT2D eigenvalue weighted by atomic mass is 16.2. The third-order valence-electron chi connectivity index (χ3n) is 5.11. The van der Waals surface area contributed by atoms with Crippen LogP contribution < -0.4 is 5.32 Å². The minimum absolute atomic E-state index is 0.0850. The van der Waals surface area contributed by atoms with Gasteiger partial charge in [-0.2, -0.15) is 0 Å². The summed E-state index contributed by atoms with van der Waals surface area (Å²) in [6.07, 6.45) is 7.99. The lowest BCUT2D eigenvalue weighted by Crippen LogP contribution is -2.45. The topological polar surface area (TPSA) is 51.4 Å². The van der Waals surface area contributed by atoms with Gasteiger partial charge in [-0.05, 0) is 51.3 Å². The van der Waals surface area contributed by atoms with Crippen LogP contribution in [-0.2, 0) is 0 Å². The van der Waals surface area contributed by atoms with Crippen molar-refractivity contribution >= 4 is 6.03 Å². The Morgan fingerprint density at radius 3 is 3.00 bits per heavy atom. The number of rotatable bonds is 4. The standard InChI is InChI=1S/C17H28N4O/c1-14-6-2-3-11-20(14)13-10-19-17(22)21-12-5-8-16(21)15-7-4-9-18-15/h4,7,9,14,16,18H,2-3,5-6,8,10-13H2,1H3,(H,19,22)/t14-,16+/m1/s1. The third-order valence-corrected chi connectivity index (χ3v) is 5.11. The molecule has 2 saturated heterocycles. The van der Waals surface area contributed by atoms with Gasteiger partial charge < -0.3 is 15.2 Å². The maximum atomic E-state index is 12.5. The van der Waals surface area contributed by atoms with E-state index in [1.807, 2.05) is 17.2 Å². The first kappa shape index (κ1) is 15.4. The van der Waals surface area contributed by atoms with E-state index in [-0.39, 0.29) is 12.1 Å². The Morgan fingerprint density at radius 2 is 2.23 bits per heavy atom. The molecule has 2 aliphatic rings. The number of urea groups is 1. The van der Waals surface area contributed by atoms with Gasteiger partial charge in [0.25, 0.3) is 0 Å². The summed E-state index contributed by atoms with van der Waals surface area (Å²) in [4.78, 5) is 20.2. The lowest BCUT2D eigenvalue weighted by atomic mass is 10.0. The molecule has 122 valence electrons. The highest BCUT2D eigenvalue weighted by molar-refractivity contribution is 5.75. The van der Waals surface area contributed by atoms with Gasteiger partial charge in [-0.15, -0.1) is 0 Å². The Labute approximate surface area is 133 Å². The monoisotopic (exact) mass is 304 g/mol. The lowest BCUT2D eigenvalue weighted by molar-refractivity contribution is 0.157. The fraction of sp³-hybridized carbons (Fsp3) is 0.706. The maximum absolute atomic E-state index is 12.5. The molecule has 0 bridgehead atoms. The summed E-state index contributed by atoms with van der Waals surface area (Å²) in [6, 6.07) is 5.03. The van der Waals surface area contributed by atoms with Gasteiger partial charge in [0.1, 0.15) is 0 Å². The number of hydrogen-bond acceptors (Lipinski definition) is 2. The van der Waals surface area contributed by atoms with Gasteiger partial charge in [-0.25, -0.2) is 4.79 Å². The summed E-state index contributed by atoms with van der Waals surface area (Å²) in [5, 5.41) is 3.12. The molecular weight excluding hydrogens is 276 g/mol. The van der Waals surface area contributed by atoms with Crippen LogP contribution in [0.5, 0.6) is 0 Å². The van der Waals surface area contributed by atoms with Crippen molar-refractivity contribution in [2.75, 3.05) is 26.2 Å². The molecule has 3 rings (SSSR count). The van der Waals surface area contributed by atoms with Gasteiger partial charge in [0.2, 0.25) is 0 Å². The number of aromatic amines is 1. The normalized spacial score (nSPS) is 26.3. The summed E-state index contributed by atoms with van der Waals surface area (Å²) >= 11 is 0. The molecule has 0 saturated carbocycles. The molecular formula is C17H28N4O. The molecule has 0 spiro atoms. The second-order valence-corrected chi connectivity index (χ2v) is 6.59. The molecule has 2 aliphatic heterocycles. The first-order valence-corrected chi connectivity index (χ1v) is 8.67. The van der Waals surface area contributed by atoms with Gasteiger partial charge in [0.15, 0.2) is 0 Å². The minimum atomic E-state index is 0.0850. The molecule has 0 aromatic carbocycles. The van der Waals surface area contributed by atoms with E-state index >= 15 is 0 Å². The fourth-order valence-electron chi connectivity index (χ4n) is 3.78. The predicted octanol–water partition coefficient (Wildman–Crippen LogP) is 2.74. The van der Waals surface area contributed by atoms with Gasteiger partial charge in [0, 0.05) is 37.6 Å². The van der Waals surface area contributed by atoms with Crippen molar-refractivity contribution in [1.29, 1.82) is 0 Å². The van der Waals surface area contributed by atoms with Crippen LogP contribution in [0.25, 0.3) is 0 Å². The molecule has 2 atom stereocenters. The van der Waals surface area contributed by atoms with Crippen LogP contribution >= 0.6 is 0 Å². The smallest absolute Gasteiger partial charge is 0.318 e. The molecule has 0 aliphatic carbocycles. The van der Waals surface area contributed by atoms with Gasteiger partial charge in [0.05, 0.1) is 6.04 Å². The second-order valence-electron chi connectivity index (χ2n) is 6.59. The van der Waals surface area contributed by atoms with Crippen molar-refractivity contribution in [2.24, 2.45) is 0 Å². The average Bonchev–Trinajstić information content (AvgIpc) is 3.19. The highest BCUT2D eigenvalue weighted by Crippen LogP contribution is 2.30. The fourth-order valence-corrected chi connectivity index (χ4v) is 3.78. The number of nitrogens with zero attached hydrogens (tertiary/aromatic N) is 2. The van der Waals surface area contributed by atoms with Gasteiger partial charge in [-0.3, -0.25) is 4.90 Å². The Balaban J connectivity index is 1.47. The number of amides is 2. The molecule has 3 heterocycles. The zero-order valence-electron chi connectivity index (χ0n) is 13.6. The molecule has 2 fully saturated rings. The van der Waals surface area contributed by atoms with Crippen molar-refractivity contribution in [3.8, 4) is 0 Å². The first-order chi connectivity index (χ1) is 10.8. The van der Waals surface area contributed by atoms with E-state index in [0.29, 0.717) is 6.04 Å². The summed E-state index contributed by atoms with van der Waals surface area (Å²) < 4.78 is 0. The largest absolute Gasteiger partial charge is 0.363 e. The Kier molecular flexibility index (Phi) is 5.03. The predicted molar refractivity (Wildman–Crippen MR) is 87.8 cm³/mol. The molecule has 1 aromatic heterocycles. The van der Waals surface area contributed by atoms with Crippen LogP contribution in [-0.4, -0.2) is 53.0 Å². The van der Waals surface area contributed by atoms with Crippen molar-refractivity contribution in [3.05, 3.63) is 24.0 Å². The van der Waals surface area contributed by atoms with E-state index < -0.39 is 0 Å². The number of piperidine rings is 1. The van der Waals surface area contributed by atoms with E-state index in [1.54, 1.807) is 0 Å². The van der Waals surface area contributed by atoms with Crippen molar-refractivity contribution in [1.82, 2.24) is 20.1 Å². The SMILES string of the molecule is C[C@@H]1CCCCN1CCNC(=O)N1CCC[C@H]1c1ccc[nH]1. The molecule has 0 unspecified atom stereocenters. The number of H-pyrrole nitrogens is 1. The highest BCUT2D eigenvalue weighted by Gasteiger charge is 2.30. The van der Waals surface area contributed by atoms with Crippen LogP contribution in [0.3, 0.4) is 0 Å². The molecule has 5 heteroatoms. The number of carbonyl (C=O) groups excluding carboxylic acids is 1. The van der Waals surface area contributed by atoms with Gasteiger partial charge >= 0.3 is 6.03 Å². The molecule has 1 aromatic rings. The van der Waals surface area contributed by atoms with Crippen molar-refractivity contribution in [3.63, 3.8) is 0 Å². The minimum Gasteiger partial charge on any atom is -0.363 e. The third kappa shape index (κ3) is 3.46. The molecule has 2 amide bonds. The van der Waals surface area contributed by atoms with E-state index in [1.165, 1.54) is 25.8 Å². The number of likely N-dealkylation sites (tertiary alicyclic amines) is 2. The maximum Gasteiger partial charge on any atom is 0.318 e. The Bertz CT molecular complexity index is 473. The van der Waals surface area contributed by atoms with Crippen LogP contribution in [0.2, 0.25) is 0 Å². The quantitative estimate of drug-likeness (QED) is 0.898. The summed E-state index contributed by atoms with van der Waals surface area (Å²) in [5.41, 5.74) is 1.15. The summed E-state index contributed by atoms with van der Waals surface area (Å²) in [7, 11) is 0. The van der Waals surface area contributed by atoms with E-state index in [4.69, 9.17) is 0 Å². The number of nitrogens with one attached hydrogen (secondary N) is 2. The second kappa shape index (κ2) is 7.18. The number of aromatic nitrogens is 1. The molecule has 2 N–H and O–H groups in total. The van der Waals surface area contributed by atoms with Crippen LogP contribution in [0.4, 0.5) is 4.79 Å². The molecule has 5 nitrogen and oxygen atoms in total. The van der Waals surface area contributed by atoms with Crippen molar-refractivity contribution in [2.45, 2.75) is 51.1 Å². The molecule has 22 heavy (non-hydrogen) atoms. The number of carbonyl (C=O) groups is 1. The summed E-state index contributed by atoms with van der Waals surface area (Å²) in [6.45, 7) is 6.04. The van der Waals surface area contributed by atoms with Crippen LogP contribution in [0.15, 0.2) is 18.3 Å². The van der Waals surface area contributed by atoms with Crippen LogP contribution in [0, 0.1) is 0 Å². The number of hydrogen-bond donors (Lipinski definition) is 2.